The molecule has 0 atom stereocenters. The van der Waals surface area contributed by atoms with Crippen LogP contribution in [0.2, 0.25) is 0 Å². The van der Waals surface area contributed by atoms with E-state index in [9.17, 15) is 0 Å². The molecular weight excluding hydrogens is 308 g/mol. The molecule has 0 amide bonds. The van der Waals surface area contributed by atoms with E-state index in [-0.39, 0.29) is 0 Å². The molecule has 128 valence electrons. The van der Waals surface area contributed by atoms with Crippen molar-refractivity contribution in [3.8, 4) is 17.1 Å². The molecule has 25 heavy (non-hydrogen) atoms. The van der Waals surface area contributed by atoms with E-state index in [1.165, 1.54) is 0 Å². The summed E-state index contributed by atoms with van der Waals surface area (Å²) >= 11 is 0. The highest BCUT2D eigenvalue weighted by molar-refractivity contribution is 5.73. The smallest absolute Gasteiger partial charge is 0.128 e. The number of hydrogen-bond donors (Lipinski definition) is 0. The monoisotopic (exact) mass is 332 g/mol. The molecule has 0 saturated carbocycles. The Bertz CT molecular complexity index is 809. The quantitative estimate of drug-likeness (QED) is 0.618. The lowest BCUT2D eigenvalue weighted by Gasteiger charge is -2.07. The summed E-state index contributed by atoms with van der Waals surface area (Å²) in [6.07, 6.45) is 7.70. The number of rotatable bonds is 4. The summed E-state index contributed by atoms with van der Waals surface area (Å²) in [4.78, 5) is 8.78. The highest BCUT2D eigenvalue weighted by Crippen LogP contribution is 2.25. The number of ether oxygens (including phenoxy) is 1. The number of aryl methyl sites for hydroxylation is 1. The molecule has 3 rings (SSSR count). The van der Waals surface area contributed by atoms with Crippen molar-refractivity contribution in [2.45, 2.75) is 20.8 Å². The van der Waals surface area contributed by atoms with Crippen LogP contribution in [0.4, 0.5) is 0 Å². The number of methoxy groups -OCH3 is 1. The second kappa shape index (κ2) is 9.38. The van der Waals surface area contributed by atoms with E-state index in [4.69, 9.17) is 4.74 Å². The van der Waals surface area contributed by atoms with Crippen molar-refractivity contribution in [1.29, 1.82) is 0 Å². The molecule has 0 fully saturated rings. The van der Waals surface area contributed by atoms with Gasteiger partial charge in [0.05, 0.1) is 18.5 Å². The molecule has 0 spiro atoms. The lowest BCUT2D eigenvalue weighted by atomic mass is 10.1. The van der Waals surface area contributed by atoms with Crippen molar-refractivity contribution < 1.29 is 4.74 Å². The van der Waals surface area contributed by atoms with Gasteiger partial charge in [0.25, 0.3) is 0 Å². The average Bonchev–Trinajstić information content (AvgIpc) is 2.69. The highest BCUT2D eigenvalue weighted by Gasteiger charge is 2.03. The normalized spacial score (nSPS) is 10.2. The molecule has 0 radical (unpaired) electrons. The maximum atomic E-state index is 5.47. The van der Waals surface area contributed by atoms with E-state index < -0.39 is 0 Å². The van der Waals surface area contributed by atoms with E-state index in [0.29, 0.717) is 0 Å². The Labute approximate surface area is 150 Å². The van der Waals surface area contributed by atoms with Crippen LogP contribution in [0.25, 0.3) is 23.5 Å². The minimum Gasteiger partial charge on any atom is -0.496 e. The average molecular weight is 332 g/mol. The Balaban J connectivity index is 0.00000109. The first-order valence-corrected chi connectivity index (χ1v) is 8.47. The van der Waals surface area contributed by atoms with E-state index in [1.807, 2.05) is 87.7 Å². The topological polar surface area (TPSA) is 35.0 Å². The molecule has 0 aliphatic carbocycles. The molecule has 0 bridgehead atoms. The number of aromatic nitrogens is 2. The van der Waals surface area contributed by atoms with Crippen molar-refractivity contribution >= 4 is 12.2 Å². The summed E-state index contributed by atoms with van der Waals surface area (Å²) in [7, 11) is 1.70. The zero-order chi connectivity index (χ0) is 18.1. The first-order chi connectivity index (χ1) is 12.3. The second-order valence-corrected chi connectivity index (χ2v) is 5.22. The summed E-state index contributed by atoms with van der Waals surface area (Å²) in [5.74, 6) is 0.904. The first kappa shape index (κ1) is 18.4. The Kier molecular flexibility index (Phi) is 6.90. The number of pyridine rings is 2. The van der Waals surface area contributed by atoms with Gasteiger partial charge in [-0.25, -0.2) is 0 Å². The molecule has 3 heteroatoms. The minimum absolute atomic E-state index is 0.871. The van der Waals surface area contributed by atoms with Gasteiger partial charge in [0.1, 0.15) is 5.75 Å². The molecule has 3 nitrogen and oxygen atoms in total. The highest BCUT2D eigenvalue weighted by atomic mass is 16.5. The number of benzene rings is 1. The molecule has 0 aliphatic rings. The van der Waals surface area contributed by atoms with Crippen LogP contribution >= 0.6 is 0 Å². The molecule has 3 aromatic rings. The van der Waals surface area contributed by atoms with E-state index in [0.717, 1.165) is 33.8 Å². The van der Waals surface area contributed by atoms with Gasteiger partial charge < -0.3 is 4.74 Å². The van der Waals surface area contributed by atoms with Crippen LogP contribution in [0, 0.1) is 6.92 Å². The van der Waals surface area contributed by atoms with Gasteiger partial charge in [0.2, 0.25) is 0 Å². The maximum absolute atomic E-state index is 5.47. The van der Waals surface area contributed by atoms with E-state index >= 15 is 0 Å². The summed E-state index contributed by atoms with van der Waals surface area (Å²) in [5.41, 5.74) is 4.96. The van der Waals surface area contributed by atoms with E-state index in [1.54, 1.807) is 13.3 Å². The number of nitrogens with zero attached hydrogens (tertiary/aromatic N) is 2. The molecular formula is C22H24N2O. The minimum atomic E-state index is 0.871. The first-order valence-electron chi connectivity index (χ1n) is 8.47. The molecule has 2 heterocycles. The summed E-state index contributed by atoms with van der Waals surface area (Å²) in [5, 5.41) is 0. The van der Waals surface area contributed by atoms with Crippen LogP contribution in [0.1, 0.15) is 30.5 Å². The SMILES string of the molecule is CC.COc1c(C)cccc1/C=C\c1ccc(-c2ccccn2)nc1. The summed E-state index contributed by atoms with van der Waals surface area (Å²) < 4.78 is 5.47. The van der Waals surface area contributed by atoms with Crippen molar-refractivity contribution in [2.75, 3.05) is 7.11 Å². The Morgan fingerprint density at radius 1 is 0.840 bits per heavy atom. The van der Waals surface area contributed by atoms with Gasteiger partial charge >= 0.3 is 0 Å². The third-order valence-corrected chi connectivity index (χ3v) is 3.62. The van der Waals surface area contributed by atoms with Crippen LogP contribution in [0.15, 0.2) is 60.9 Å². The second-order valence-electron chi connectivity index (χ2n) is 5.22. The van der Waals surface area contributed by atoms with Crippen LogP contribution in [0.3, 0.4) is 0 Å². The Morgan fingerprint density at radius 3 is 2.28 bits per heavy atom. The number of para-hydroxylation sites is 1. The van der Waals surface area contributed by atoms with Crippen LogP contribution in [-0.2, 0) is 0 Å². The summed E-state index contributed by atoms with van der Waals surface area (Å²) in [6.45, 7) is 6.04. The van der Waals surface area contributed by atoms with Crippen molar-refractivity contribution in [2.24, 2.45) is 0 Å². The van der Waals surface area contributed by atoms with Gasteiger partial charge in [-0.1, -0.05) is 56.3 Å². The predicted octanol–water partition coefficient (Wildman–Crippen LogP) is 5.66. The van der Waals surface area contributed by atoms with Crippen molar-refractivity contribution in [3.05, 3.63) is 77.6 Å². The van der Waals surface area contributed by atoms with Gasteiger partial charge in [-0.05, 0) is 36.2 Å². The zero-order valence-corrected chi connectivity index (χ0v) is 15.2. The van der Waals surface area contributed by atoms with Crippen LogP contribution in [0.5, 0.6) is 5.75 Å². The Hall–Kier alpha value is -2.94. The lowest BCUT2D eigenvalue weighted by molar-refractivity contribution is 0.411. The fourth-order valence-electron chi connectivity index (χ4n) is 2.44. The van der Waals surface area contributed by atoms with Gasteiger partial charge in [-0.3, -0.25) is 9.97 Å². The molecule has 0 unspecified atom stereocenters. The Morgan fingerprint density at radius 2 is 1.64 bits per heavy atom. The fourth-order valence-corrected chi connectivity index (χ4v) is 2.44. The molecule has 0 aliphatic heterocycles. The lowest BCUT2D eigenvalue weighted by Crippen LogP contribution is -1.90. The van der Waals surface area contributed by atoms with E-state index in [2.05, 4.69) is 9.97 Å². The third-order valence-electron chi connectivity index (χ3n) is 3.62. The van der Waals surface area contributed by atoms with Crippen LogP contribution < -0.4 is 4.74 Å². The van der Waals surface area contributed by atoms with Crippen LogP contribution in [-0.4, -0.2) is 17.1 Å². The van der Waals surface area contributed by atoms with Crippen molar-refractivity contribution in [3.63, 3.8) is 0 Å². The fraction of sp³-hybridized carbons (Fsp3) is 0.182. The summed E-state index contributed by atoms with van der Waals surface area (Å²) in [6, 6.07) is 15.9. The molecule has 2 aromatic heterocycles. The predicted molar refractivity (Wildman–Crippen MR) is 105 cm³/mol. The third kappa shape index (κ3) is 4.77. The van der Waals surface area contributed by atoms with Gasteiger partial charge in [0, 0.05) is 18.0 Å². The van der Waals surface area contributed by atoms with Crippen molar-refractivity contribution in [1.82, 2.24) is 9.97 Å². The molecule has 0 N–H and O–H groups in total. The maximum Gasteiger partial charge on any atom is 0.128 e. The molecule has 1 aromatic carbocycles. The van der Waals surface area contributed by atoms with Gasteiger partial charge in [-0.2, -0.15) is 0 Å². The molecule has 0 saturated heterocycles. The van der Waals surface area contributed by atoms with Gasteiger partial charge in [0.15, 0.2) is 0 Å². The standard InChI is InChI=1S/C20H18N2O.C2H6/c1-15-6-5-7-17(20(15)23-2)11-9-16-10-12-19(22-14-16)18-8-3-4-13-21-18;1-2/h3-14H,1-2H3;1-2H3/b11-9-;. The van der Waals surface area contributed by atoms with Gasteiger partial charge in [-0.15, -0.1) is 0 Å². The number of hydrogen-bond acceptors (Lipinski definition) is 3. The zero-order valence-electron chi connectivity index (χ0n) is 15.2. The largest absolute Gasteiger partial charge is 0.496 e.